The van der Waals surface area contributed by atoms with Crippen LogP contribution in [-0.2, 0) is 9.53 Å². The Labute approximate surface area is 154 Å². The SMILES string of the molecule is COC(=O)c1ccc(-c2ccc(/C=C3/SC(=O)N(C(C)C)C3=O)o2)cc1. The summed E-state index contributed by atoms with van der Waals surface area (Å²) in [7, 11) is 1.33. The van der Waals surface area contributed by atoms with E-state index in [1.54, 1.807) is 56.3 Å². The van der Waals surface area contributed by atoms with Crippen LogP contribution < -0.4 is 0 Å². The number of amides is 2. The average Bonchev–Trinajstić information content (AvgIpc) is 3.19. The van der Waals surface area contributed by atoms with Gasteiger partial charge >= 0.3 is 5.97 Å². The Hall–Kier alpha value is -2.80. The molecule has 26 heavy (non-hydrogen) atoms. The molecule has 0 saturated carbocycles. The largest absolute Gasteiger partial charge is 0.465 e. The van der Waals surface area contributed by atoms with Crippen molar-refractivity contribution in [1.82, 2.24) is 4.90 Å². The highest BCUT2D eigenvalue weighted by Crippen LogP contribution is 2.34. The van der Waals surface area contributed by atoms with Gasteiger partial charge in [-0.25, -0.2) is 4.79 Å². The van der Waals surface area contributed by atoms with Crippen LogP contribution >= 0.6 is 11.8 Å². The number of benzene rings is 1. The van der Waals surface area contributed by atoms with Crippen molar-refractivity contribution in [2.45, 2.75) is 19.9 Å². The van der Waals surface area contributed by atoms with Crippen molar-refractivity contribution in [1.29, 1.82) is 0 Å². The van der Waals surface area contributed by atoms with Gasteiger partial charge in [0.25, 0.3) is 11.1 Å². The molecule has 2 heterocycles. The minimum atomic E-state index is -0.405. The molecule has 2 aromatic rings. The van der Waals surface area contributed by atoms with Crippen molar-refractivity contribution in [3.63, 3.8) is 0 Å². The van der Waals surface area contributed by atoms with Gasteiger partial charge in [0.2, 0.25) is 0 Å². The van der Waals surface area contributed by atoms with E-state index in [0.717, 1.165) is 17.3 Å². The lowest BCUT2D eigenvalue weighted by molar-refractivity contribution is -0.123. The molecule has 0 bridgehead atoms. The molecule has 0 N–H and O–H groups in total. The first-order valence-electron chi connectivity index (χ1n) is 7.96. The average molecular weight is 371 g/mol. The van der Waals surface area contributed by atoms with E-state index in [-0.39, 0.29) is 17.2 Å². The summed E-state index contributed by atoms with van der Waals surface area (Å²) in [6.45, 7) is 3.59. The van der Waals surface area contributed by atoms with Crippen LogP contribution in [0.4, 0.5) is 4.79 Å². The molecule has 0 atom stereocenters. The number of hydrogen-bond acceptors (Lipinski definition) is 6. The molecule has 0 radical (unpaired) electrons. The monoisotopic (exact) mass is 371 g/mol. The Morgan fingerprint density at radius 3 is 2.42 bits per heavy atom. The molecular weight excluding hydrogens is 354 g/mol. The summed E-state index contributed by atoms with van der Waals surface area (Å²) < 4.78 is 10.4. The predicted octanol–water partition coefficient (Wildman–Crippen LogP) is 4.18. The lowest BCUT2D eigenvalue weighted by Crippen LogP contribution is -2.34. The zero-order valence-electron chi connectivity index (χ0n) is 14.5. The lowest BCUT2D eigenvalue weighted by Gasteiger charge is -2.16. The number of furan rings is 1. The number of carbonyl (C=O) groups excluding carboxylic acids is 3. The van der Waals surface area contributed by atoms with Gasteiger partial charge in [0, 0.05) is 17.7 Å². The van der Waals surface area contributed by atoms with E-state index in [9.17, 15) is 14.4 Å². The van der Waals surface area contributed by atoms with Crippen LogP contribution in [0.15, 0.2) is 45.7 Å². The fourth-order valence-corrected chi connectivity index (χ4v) is 3.47. The standard InChI is InChI=1S/C19H17NO5S/c1-11(2)20-17(21)16(26-19(20)23)10-14-8-9-15(25-14)12-4-6-13(7-5-12)18(22)24-3/h4-11H,1-3H3/b16-10+. The quantitative estimate of drug-likeness (QED) is 0.593. The molecule has 7 heteroatoms. The number of methoxy groups -OCH3 is 1. The van der Waals surface area contributed by atoms with Crippen LogP contribution in [0.5, 0.6) is 0 Å². The molecule has 1 aliphatic heterocycles. The van der Waals surface area contributed by atoms with Gasteiger partial charge in [-0.1, -0.05) is 12.1 Å². The number of thioether (sulfide) groups is 1. The first-order valence-corrected chi connectivity index (χ1v) is 8.78. The van der Waals surface area contributed by atoms with Gasteiger partial charge in [-0.3, -0.25) is 14.5 Å². The normalized spacial score (nSPS) is 16.0. The van der Waals surface area contributed by atoms with E-state index in [1.807, 2.05) is 0 Å². The Kier molecular flexibility index (Phi) is 4.99. The molecular formula is C19H17NO5S. The first kappa shape index (κ1) is 18.0. The Morgan fingerprint density at radius 2 is 1.85 bits per heavy atom. The third kappa shape index (κ3) is 3.43. The minimum absolute atomic E-state index is 0.186. The summed E-state index contributed by atoms with van der Waals surface area (Å²) in [5.41, 5.74) is 1.23. The number of carbonyl (C=O) groups is 3. The molecule has 3 rings (SSSR count). The fraction of sp³-hybridized carbons (Fsp3) is 0.211. The second-order valence-electron chi connectivity index (χ2n) is 5.92. The van der Waals surface area contributed by atoms with Crippen molar-refractivity contribution >= 4 is 35.0 Å². The molecule has 1 aromatic heterocycles. The molecule has 1 aliphatic rings. The van der Waals surface area contributed by atoms with Crippen molar-refractivity contribution in [2.75, 3.05) is 7.11 Å². The number of imide groups is 1. The van der Waals surface area contributed by atoms with Gasteiger partial charge in [0.1, 0.15) is 11.5 Å². The second kappa shape index (κ2) is 7.21. The highest BCUT2D eigenvalue weighted by Gasteiger charge is 2.36. The van der Waals surface area contributed by atoms with E-state index in [1.165, 1.54) is 12.0 Å². The van der Waals surface area contributed by atoms with Gasteiger partial charge < -0.3 is 9.15 Å². The summed E-state index contributed by atoms with van der Waals surface area (Å²) in [5.74, 6) is 0.356. The smallest absolute Gasteiger partial charge is 0.337 e. The number of rotatable bonds is 4. The van der Waals surface area contributed by atoms with Crippen molar-refractivity contribution in [3.8, 4) is 11.3 Å². The summed E-state index contributed by atoms with van der Waals surface area (Å²) >= 11 is 0.905. The third-order valence-electron chi connectivity index (χ3n) is 3.83. The molecule has 1 aromatic carbocycles. The predicted molar refractivity (Wildman–Crippen MR) is 98.4 cm³/mol. The fourth-order valence-electron chi connectivity index (χ4n) is 2.53. The maximum atomic E-state index is 12.3. The topological polar surface area (TPSA) is 76.8 Å². The van der Waals surface area contributed by atoms with E-state index < -0.39 is 5.97 Å². The van der Waals surface area contributed by atoms with Gasteiger partial charge in [-0.2, -0.15) is 0 Å². The Bertz CT molecular complexity index is 895. The van der Waals surface area contributed by atoms with Crippen LogP contribution in [-0.4, -0.2) is 35.2 Å². The van der Waals surface area contributed by atoms with Crippen LogP contribution in [0.2, 0.25) is 0 Å². The van der Waals surface area contributed by atoms with Gasteiger partial charge in [0.05, 0.1) is 17.6 Å². The maximum absolute atomic E-state index is 12.3. The number of ether oxygens (including phenoxy) is 1. The third-order valence-corrected chi connectivity index (χ3v) is 4.71. The van der Waals surface area contributed by atoms with E-state index in [2.05, 4.69) is 4.74 Å². The van der Waals surface area contributed by atoms with Crippen molar-refractivity contribution in [2.24, 2.45) is 0 Å². The Balaban J connectivity index is 1.81. The van der Waals surface area contributed by atoms with Crippen LogP contribution in [0, 0.1) is 0 Å². The van der Waals surface area contributed by atoms with Gasteiger partial charge in [-0.05, 0) is 49.9 Å². The van der Waals surface area contributed by atoms with Crippen molar-refractivity contribution in [3.05, 3.63) is 52.6 Å². The molecule has 6 nitrogen and oxygen atoms in total. The summed E-state index contributed by atoms with van der Waals surface area (Å²) in [4.78, 5) is 37.3. The van der Waals surface area contributed by atoms with E-state index >= 15 is 0 Å². The first-order chi connectivity index (χ1) is 12.4. The molecule has 1 saturated heterocycles. The molecule has 0 spiro atoms. The minimum Gasteiger partial charge on any atom is -0.465 e. The Morgan fingerprint density at radius 1 is 1.15 bits per heavy atom. The van der Waals surface area contributed by atoms with Crippen LogP contribution in [0.3, 0.4) is 0 Å². The van der Waals surface area contributed by atoms with Crippen LogP contribution in [0.25, 0.3) is 17.4 Å². The molecule has 2 amide bonds. The second-order valence-corrected chi connectivity index (χ2v) is 6.91. The highest BCUT2D eigenvalue weighted by molar-refractivity contribution is 8.18. The number of esters is 1. The summed E-state index contributed by atoms with van der Waals surface area (Å²) in [6.07, 6.45) is 1.57. The molecule has 1 fully saturated rings. The van der Waals surface area contributed by atoms with Gasteiger partial charge in [0.15, 0.2) is 0 Å². The summed E-state index contributed by atoms with van der Waals surface area (Å²) in [5, 5.41) is -0.276. The lowest BCUT2D eigenvalue weighted by atomic mass is 10.1. The molecule has 134 valence electrons. The van der Waals surface area contributed by atoms with E-state index in [0.29, 0.717) is 22.0 Å². The van der Waals surface area contributed by atoms with E-state index in [4.69, 9.17) is 4.42 Å². The number of hydrogen-bond donors (Lipinski definition) is 0. The zero-order valence-corrected chi connectivity index (χ0v) is 15.3. The van der Waals surface area contributed by atoms with Gasteiger partial charge in [-0.15, -0.1) is 0 Å². The zero-order chi connectivity index (χ0) is 18.8. The van der Waals surface area contributed by atoms with Crippen molar-refractivity contribution < 1.29 is 23.5 Å². The molecule has 0 unspecified atom stereocenters. The maximum Gasteiger partial charge on any atom is 0.337 e. The summed E-state index contributed by atoms with van der Waals surface area (Å²) in [6, 6.07) is 10.1. The highest BCUT2D eigenvalue weighted by atomic mass is 32.2. The molecule has 0 aliphatic carbocycles. The van der Waals surface area contributed by atoms with Crippen LogP contribution in [0.1, 0.15) is 30.0 Å². The number of nitrogens with zero attached hydrogens (tertiary/aromatic N) is 1.